The summed E-state index contributed by atoms with van der Waals surface area (Å²) < 4.78 is 13.0. The molecule has 13 heavy (non-hydrogen) atoms. The van der Waals surface area contributed by atoms with Crippen LogP contribution >= 0.6 is 0 Å². The van der Waals surface area contributed by atoms with Gasteiger partial charge in [-0.15, -0.1) is 0 Å². The van der Waals surface area contributed by atoms with Gasteiger partial charge < -0.3 is 0 Å². The minimum atomic E-state index is -0.589. The molecule has 1 rings (SSSR count). The van der Waals surface area contributed by atoms with Gasteiger partial charge in [0.2, 0.25) is 0 Å². The minimum Gasteiger partial charge on any atom is -0.289 e. The lowest BCUT2D eigenvalue weighted by molar-refractivity contribution is -0.103. The molecule has 62 valence electrons. The fraction of sp³-hybridized carbons (Fsp3) is 0. The summed E-state index contributed by atoms with van der Waals surface area (Å²) >= 11 is 0. The zero-order valence-electron chi connectivity index (χ0n) is 6.54. The van der Waals surface area contributed by atoms with Crippen LogP contribution < -0.4 is 0 Å². The first-order chi connectivity index (χ1) is 6.27. The van der Waals surface area contributed by atoms with Crippen molar-refractivity contribution in [3.8, 4) is 17.9 Å². The molecule has 0 aliphatic heterocycles. The van der Waals surface area contributed by atoms with Crippen LogP contribution in [-0.2, 0) is 4.79 Å². The van der Waals surface area contributed by atoms with E-state index in [1.54, 1.807) is 6.07 Å². The maximum absolute atomic E-state index is 13.0. The Kier molecular flexibility index (Phi) is 2.78. The van der Waals surface area contributed by atoms with Gasteiger partial charge in [0.1, 0.15) is 5.82 Å². The quantitative estimate of drug-likeness (QED) is 0.437. The van der Waals surface area contributed by atoms with Crippen molar-refractivity contribution in [3.05, 3.63) is 35.1 Å². The molecule has 3 heteroatoms. The molecule has 1 aromatic carbocycles. The Balaban J connectivity index is 3.14. The van der Waals surface area contributed by atoms with E-state index in [0.717, 1.165) is 6.07 Å². The molecule has 0 saturated carbocycles. The Morgan fingerprint density at radius 3 is 2.77 bits per heavy atom. The van der Waals surface area contributed by atoms with Crippen LogP contribution in [0, 0.1) is 29.0 Å². The van der Waals surface area contributed by atoms with E-state index in [0.29, 0.717) is 6.29 Å². The first-order valence-corrected chi connectivity index (χ1v) is 3.43. The van der Waals surface area contributed by atoms with Gasteiger partial charge in [-0.05, 0) is 24.1 Å². The summed E-state index contributed by atoms with van der Waals surface area (Å²) in [6.45, 7) is 0. The van der Waals surface area contributed by atoms with Crippen molar-refractivity contribution < 1.29 is 9.18 Å². The predicted molar refractivity (Wildman–Crippen MR) is 44.1 cm³/mol. The zero-order valence-corrected chi connectivity index (χ0v) is 6.54. The maximum atomic E-state index is 13.0. The molecule has 0 aliphatic rings. The minimum absolute atomic E-state index is 0.117. The fourth-order valence-electron chi connectivity index (χ4n) is 0.793. The first kappa shape index (κ1) is 8.96. The third-order valence-corrected chi connectivity index (χ3v) is 1.36. The van der Waals surface area contributed by atoms with Crippen LogP contribution in [-0.4, -0.2) is 6.29 Å². The van der Waals surface area contributed by atoms with E-state index in [-0.39, 0.29) is 11.1 Å². The van der Waals surface area contributed by atoms with E-state index in [4.69, 9.17) is 5.26 Å². The second-order valence-corrected chi connectivity index (χ2v) is 2.19. The van der Waals surface area contributed by atoms with Crippen LogP contribution in [0.1, 0.15) is 11.1 Å². The summed E-state index contributed by atoms with van der Waals surface area (Å²) in [5.74, 6) is 3.81. The molecule has 0 spiro atoms. The molecule has 0 heterocycles. The molecule has 0 unspecified atom stereocenters. The third-order valence-electron chi connectivity index (χ3n) is 1.36. The lowest BCUT2D eigenvalue weighted by Crippen LogP contribution is -1.85. The monoisotopic (exact) mass is 173 g/mol. The van der Waals surface area contributed by atoms with E-state index in [2.05, 4.69) is 11.8 Å². The van der Waals surface area contributed by atoms with E-state index < -0.39 is 5.82 Å². The summed E-state index contributed by atoms with van der Waals surface area (Å²) in [5, 5.41) is 8.42. The summed E-state index contributed by atoms with van der Waals surface area (Å²) in [6, 6.07) is 5.68. The van der Waals surface area contributed by atoms with Gasteiger partial charge in [0.25, 0.3) is 0 Å². The molecular formula is C10H4FNO. The SMILES string of the molecule is N#Cc1ccc(C#CC=O)c(F)c1. The van der Waals surface area contributed by atoms with Gasteiger partial charge in [0, 0.05) is 0 Å². The predicted octanol–water partition coefficient (Wildman–Crippen LogP) is 1.25. The molecule has 0 saturated heterocycles. The van der Waals surface area contributed by atoms with E-state index in [9.17, 15) is 9.18 Å². The number of hydrogen-bond acceptors (Lipinski definition) is 2. The van der Waals surface area contributed by atoms with Crippen molar-refractivity contribution in [2.24, 2.45) is 0 Å². The van der Waals surface area contributed by atoms with E-state index in [1.807, 2.05) is 0 Å². The summed E-state index contributed by atoms with van der Waals surface area (Å²) in [7, 11) is 0. The number of nitriles is 1. The van der Waals surface area contributed by atoms with Crippen LogP contribution in [0.15, 0.2) is 18.2 Å². The third kappa shape index (κ3) is 2.15. The maximum Gasteiger partial charge on any atom is 0.193 e. The average Bonchev–Trinajstić information content (AvgIpc) is 2.16. The molecule has 0 atom stereocenters. The number of carbonyl (C=O) groups is 1. The van der Waals surface area contributed by atoms with Crippen LogP contribution in [0.4, 0.5) is 4.39 Å². The van der Waals surface area contributed by atoms with Gasteiger partial charge >= 0.3 is 0 Å². The number of aldehydes is 1. The van der Waals surface area contributed by atoms with Crippen molar-refractivity contribution in [2.75, 3.05) is 0 Å². The summed E-state index contributed by atoms with van der Waals surface area (Å²) in [6.07, 6.45) is 0.387. The smallest absolute Gasteiger partial charge is 0.193 e. The van der Waals surface area contributed by atoms with E-state index in [1.165, 1.54) is 12.1 Å². The number of halogens is 1. The van der Waals surface area contributed by atoms with Crippen molar-refractivity contribution >= 4 is 6.29 Å². The van der Waals surface area contributed by atoms with Gasteiger partial charge in [-0.3, -0.25) is 4.79 Å². The van der Waals surface area contributed by atoms with Gasteiger partial charge in [-0.2, -0.15) is 5.26 Å². The van der Waals surface area contributed by atoms with Crippen LogP contribution in [0.3, 0.4) is 0 Å². The molecule has 0 fully saturated rings. The number of hydrogen-bond donors (Lipinski definition) is 0. The zero-order chi connectivity index (χ0) is 9.68. The highest BCUT2D eigenvalue weighted by Gasteiger charge is 1.99. The summed E-state index contributed by atoms with van der Waals surface area (Å²) in [5.41, 5.74) is 0.347. The highest BCUT2D eigenvalue weighted by Crippen LogP contribution is 2.07. The summed E-state index contributed by atoms with van der Waals surface area (Å²) in [4.78, 5) is 9.86. The Hall–Kier alpha value is -2.13. The standard InChI is InChI=1S/C10H4FNO/c11-10-6-8(7-12)3-4-9(10)2-1-5-13/h3-6H. The number of carbonyl (C=O) groups excluding carboxylic acids is 1. The highest BCUT2D eigenvalue weighted by molar-refractivity contribution is 5.74. The molecule has 2 nitrogen and oxygen atoms in total. The Morgan fingerprint density at radius 1 is 1.46 bits per heavy atom. The molecule has 0 amide bonds. The Labute approximate surface area is 74.6 Å². The van der Waals surface area contributed by atoms with Crippen molar-refractivity contribution in [3.63, 3.8) is 0 Å². The average molecular weight is 173 g/mol. The molecule has 0 bridgehead atoms. The second-order valence-electron chi connectivity index (χ2n) is 2.19. The van der Waals surface area contributed by atoms with Crippen molar-refractivity contribution in [1.82, 2.24) is 0 Å². The lowest BCUT2D eigenvalue weighted by atomic mass is 10.1. The number of nitrogens with zero attached hydrogens (tertiary/aromatic N) is 1. The first-order valence-electron chi connectivity index (χ1n) is 3.43. The molecular weight excluding hydrogens is 169 g/mol. The van der Waals surface area contributed by atoms with Gasteiger partial charge in [-0.1, -0.05) is 5.92 Å². The van der Waals surface area contributed by atoms with Gasteiger partial charge in [-0.25, -0.2) is 4.39 Å². The Bertz CT molecular complexity index is 434. The van der Waals surface area contributed by atoms with Crippen LogP contribution in [0.5, 0.6) is 0 Å². The lowest BCUT2D eigenvalue weighted by Gasteiger charge is -1.93. The van der Waals surface area contributed by atoms with E-state index >= 15 is 0 Å². The van der Waals surface area contributed by atoms with Crippen LogP contribution in [0.25, 0.3) is 0 Å². The van der Waals surface area contributed by atoms with Crippen LogP contribution in [0.2, 0.25) is 0 Å². The molecule has 0 radical (unpaired) electrons. The topological polar surface area (TPSA) is 40.9 Å². The van der Waals surface area contributed by atoms with Gasteiger partial charge in [0.15, 0.2) is 6.29 Å². The van der Waals surface area contributed by atoms with Gasteiger partial charge in [0.05, 0.1) is 17.2 Å². The Morgan fingerprint density at radius 2 is 2.23 bits per heavy atom. The van der Waals surface area contributed by atoms with Crippen molar-refractivity contribution in [1.29, 1.82) is 5.26 Å². The number of benzene rings is 1. The fourth-order valence-corrected chi connectivity index (χ4v) is 0.793. The molecule has 0 aromatic heterocycles. The van der Waals surface area contributed by atoms with Crippen molar-refractivity contribution in [2.45, 2.75) is 0 Å². The largest absolute Gasteiger partial charge is 0.289 e. The molecule has 0 N–H and O–H groups in total. The second kappa shape index (κ2) is 4.04. The highest BCUT2D eigenvalue weighted by atomic mass is 19.1. The number of rotatable bonds is 0. The normalized spacial score (nSPS) is 8.00. The molecule has 1 aromatic rings. The molecule has 0 aliphatic carbocycles.